The molecule has 0 spiro atoms. The molecule has 5 N–H and O–H groups in total. The van der Waals surface area contributed by atoms with E-state index in [2.05, 4.69) is 20.0 Å². The number of hydrogen-bond acceptors (Lipinski definition) is 13. The fourth-order valence-electron chi connectivity index (χ4n) is 3.64. The Labute approximate surface area is 255 Å². The second-order valence-corrected chi connectivity index (χ2v) is 15.6. The van der Waals surface area contributed by atoms with E-state index in [9.17, 15) is 19.5 Å². The zero-order valence-corrected chi connectivity index (χ0v) is 27.1. The molecule has 1 unspecified atom stereocenters. The SMILES string of the molecule is CC(C)OC(=O)[C@H](C)NP(=S)(OCCSC(=O)C(C)(C)C)OC[C@H]1O[C@@H](n2cnc3c(=O)[nH]c(N)nc32)[C@@](F)(Cl)[C@@H]1O. The number of nitrogens with zero attached hydrogens (tertiary/aromatic N) is 3. The summed E-state index contributed by atoms with van der Waals surface area (Å²) in [5.74, 6) is -0.617. The number of fused-ring (bicyclic) bond motifs is 1. The van der Waals surface area contributed by atoms with E-state index in [-0.39, 0.29) is 40.7 Å². The molecule has 1 aliphatic rings. The van der Waals surface area contributed by atoms with Crippen LogP contribution in [0, 0.1) is 5.41 Å². The van der Waals surface area contributed by atoms with Crippen LogP contribution in [0.5, 0.6) is 0 Å². The zero-order chi connectivity index (χ0) is 31.6. The molecule has 14 nitrogen and oxygen atoms in total. The largest absolute Gasteiger partial charge is 0.462 e. The Kier molecular flexibility index (Phi) is 11.2. The number of carbonyl (C=O) groups is 2. The third-order valence-electron chi connectivity index (χ3n) is 5.74. The number of aliphatic hydroxyl groups excluding tert-OH is 1. The van der Waals surface area contributed by atoms with Crippen LogP contribution in [-0.2, 0) is 39.9 Å². The standard InChI is InChI=1S/C23H35ClFN6O8PS2/c1-11(2)38-18(34)12(3)30-40(41,36-7-8-42-20(35)22(4,5)6)37-9-13-15(32)23(24,25)19(39-13)31-10-27-14-16(31)28-21(26)29-17(14)33/h10-13,15,19,32H,7-9H2,1-6H3,(H,30,41)(H3,26,28,29,33)/t12-,13+,15+,19+,23+,40?/m0/s1. The molecule has 3 rings (SSSR count). The van der Waals surface area contributed by atoms with Gasteiger partial charge in [0.05, 0.1) is 25.6 Å². The number of nitrogens with two attached hydrogens (primary N) is 1. The summed E-state index contributed by atoms with van der Waals surface area (Å²) in [6, 6.07) is -0.954. The van der Waals surface area contributed by atoms with E-state index < -0.39 is 59.8 Å². The van der Waals surface area contributed by atoms with Crippen molar-refractivity contribution in [2.24, 2.45) is 5.41 Å². The molecular weight excluding hydrogens is 638 g/mol. The van der Waals surface area contributed by atoms with Crippen LogP contribution in [0.25, 0.3) is 11.2 Å². The fraction of sp³-hybridized carbons (Fsp3) is 0.696. The van der Waals surface area contributed by atoms with Crippen molar-refractivity contribution in [1.29, 1.82) is 0 Å². The number of nitrogens with one attached hydrogen (secondary N) is 2. The van der Waals surface area contributed by atoms with Gasteiger partial charge in [-0.1, -0.05) is 44.1 Å². The van der Waals surface area contributed by atoms with Crippen LogP contribution in [0.4, 0.5) is 10.3 Å². The second-order valence-electron chi connectivity index (χ2n) is 10.8. The highest BCUT2D eigenvalue weighted by molar-refractivity contribution is 8.13. The molecule has 0 aromatic carbocycles. The number of halogens is 2. The lowest BCUT2D eigenvalue weighted by Gasteiger charge is -2.28. The average molecular weight is 673 g/mol. The molecule has 0 aliphatic carbocycles. The van der Waals surface area contributed by atoms with Gasteiger partial charge >= 0.3 is 5.97 Å². The van der Waals surface area contributed by atoms with Crippen molar-refractivity contribution in [2.75, 3.05) is 24.7 Å². The summed E-state index contributed by atoms with van der Waals surface area (Å²) >= 11 is 12.8. The summed E-state index contributed by atoms with van der Waals surface area (Å²) < 4.78 is 39.3. The summed E-state index contributed by atoms with van der Waals surface area (Å²) in [6.07, 6.45) is -4.31. The van der Waals surface area contributed by atoms with Crippen molar-refractivity contribution in [2.45, 2.75) is 77.3 Å². The first-order chi connectivity index (χ1) is 19.4. The Morgan fingerprint density at radius 3 is 2.69 bits per heavy atom. The van der Waals surface area contributed by atoms with E-state index >= 15 is 4.39 Å². The number of alkyl halides is 2. The molecule has 2 aromatic heterocycles. The fourth-order valence-corrected chi connectivity index (χ4v) is 7.20. The molecule has 6 atom stereocenters. The summed E-state index contributed by atoms with van der Waals surface area (Å²) in [6.45, 7) is 6.19. The highest BCUT2D eigenvalue weighted by Gasteiger charge is 2.58. The normalized spacial score (nSPS) is 25.0. The maximum absolute atomic E-state index is 15.7. The third kappa shape index (κ3) is 8.27. The number of nitrogen functional groups attached to an aromatic ring is 1. The van der Waals surface area contributed by atoms with E-state index in [0.29, 0.717) is 0 Å². The lowest BCUT2D eigenvalue weighted by atomic mass is 10.00. The molecule has 236 valence electrons. The monoisotopic (exact) mass is 672 g/mol. The van der Waals surface area contributed by atoms with Crippen LogP contribution in [0.1, 0.15) is 47.8 Å². The molecule has 1 fully saturated rings. The van der Waals surface area contributed by atoms with Crippen LogP contribution in [-0.4, -0.2) is 84.2 Å². The highest BCUT2D eigenvalue weighted by Crippen LogP contribution is 2.49. The van der Waals surface area contributed by atoms with Gasteiger partial charge in [0.25, 0.3) is 17.3 Å². The van der Waals surface area contributed by atoms with Gasteiger partial charge in [0.15, 0.2) is 22.5 Å². The number of aliphatic hydroxyl groups is 1. The van der Waals surface area contributed by atoms with Gasteiger partial charge in [0.2, 0.25) is 5.95 Å². The van der Waals surface area contributed by atoms with Crippen molar-refractivity contribution in [3.63, 3.8) is 0 Å². The number of esters is 1. The van der Waals surface area contributed by atoms with Gasteiger partial charge < -0.3 is 29.4 Å². The summed E-state index contributed by atoms with van der Waals surface area (Å²) in [4.78, 5) is 47.0. The van der Waals surface area contributed by atoms with Crippen LogP contribution in [0.15, 0.2) is 11.1 Å². The Morgan fingerprint density at radius 1 is 1.40 bits per heavy atom. The van der Waals surface area contributed by atoms with Gasteiger partial charge in [-0.05, 0) is 32.6 Å². The van der Waals surface area contributed by atoms with Gasteiger partial charge in [-0.15, -0.1) is 0 Å². The minimum absolute atomic E-state index is 0.0232. The lowest BCUT2D eigenvalue weighted by Crippen LogP contribution is -2.39. The van der Waals surface area contributed by atoms with Gasteiger partial charge in [0.1, 0.15) is 18.2 Å². The van der Waals surface area contributed by atoms with Crippen molar-refractivity contribution >= 4 is 70.0 Å². The van der Waals surface area contributed by atoms with E-state index in [0.717, 1.165) is 22.7 Å². The third-order valence-corrected chi connectivity index (χ3v) is 10.1. The molecule has 2 aromatic rings. The predicted octanol–water partition coefficient (Wildman–Crippen LogP) is 2.36. The molecule has 0 bridgehead atoms. The lowest BCUT2D eigenvalue weighted by molar-refractivity contribution is -0.149. The van der Waals surface area contributed by atoms with Crippen LogP contribution in [0.3, 0.4) is 0 Å². The van der Waals surface area contributed by atoms with E-state index in [1.165, 1.54) is 6.92 Å². The molecule has 0 amide bonds. The number of aromatic amines is 1. The van der Waals surface area contributed by atoms with Crippen LogP contribution >= 0.6 is 30.0 Å². The maximum atomic E-state index is 15.7. The van der Waals surface area contributed by atoms with E-state index in [4.69, 9.17) is 47.7 Å². The Hall–Kier alpha value is -1.69. The van der Waals surface area contributed by atoms with Crippen molar-refractivity contribution in [3.05, 3.63) is 16.7 Å². The first-order valence-corrected chi connectivity index (χ1v) is 16.8. The molecule has 3 heterocycles. The highest BCUT2D eigenvalue weighted by atomic mass is 35.5. The molecule has 1 saturated heterocycles. The smallest absolute Gasteiger partial charge is 0.323 e. The van der Waals surface area contributed by atoms with Crippen molar-refractivity contribution < 1.29 is 37.6 Å². The summed E-state index contributed by atoms with van der Waals surface area (Å²) in [5, 5.41) is 10.6. The Morgan fingerprint density at radius 2 is 2.07 bits per heavy atom. The molecule has 0 radical (unpaired) electrons. The number of anilines is 1. The molecular formula is C23H35ClFN6O8PS2. The number of hydrogen-bond donors (Lipinski definition) is 4. The number of imidazole rings is 1. The van der Waals surface area contributed by atoms with Crippen molar-refractivity contribution in [3.8, 4) is 0 Å². The minimum Gasteiger partial charge on any atom is -0.462 e. The maximum Gasteiger partial charge on any atom is 0.323 e. The minimum atomic E-state index is -3.52. The number of aromatic nitrogens is 4. The number of ether oxygens (including phenoxy) is 2. The summed E-state index contributed by atoms with van der Waals surface area (Å²) in [7, 11) is 0. The first-order valence-electron chi connectivity index (χ1n) is 12.8. The van der Waals surface area contributed by atoms with Crippen molar-refractivity contribution in [1.82, 2.24) is 24.6 Å². The number of H-pyrrole nitrogens is 1. The quantitative estimate of drug-likeness (QED) is 0.111. The van der Waals surface area contributed by atoms with Gasteiger partial charge in [-0.3, -0.25) is 23.9 Å². The topological polar surface area (TPSA) is 193 Å². The van der Waals surface area contributed by atoms with E-state index in [1.54, 1.807) is 34.6 Å². The summed E-state index contributed by atoms with van der Waals surface area (Å²) in [5.41, 5.74) is 4.13. The van der Waals surface area contributed by atoms with E-state index in [1.807, 2.05) is 0 Å². The molecule has 19 heteroatoms. The van der Waals surface area contributed by atoms with Gasteiger partial charge in [-0.25, -0.2) is 14.5 Å². The van der Waals surface area contributed by atoms with Gasteiger partial charge in [-0.2, -0.15) is 4.98 Å². The number of carbonyl (C=O) groups excluding carboxylic acids is 2. The van der Waals surface area contributed by atoms with Crippen LogP contribution < -0.4 is 16.4 Å². The van der Waals surface area contributed by atoms with Gasteiger partial charge in [0, 0.05) is 11.2 Å². The Balaban J connectivity index is 1.77. The van der Waals surface area contributed by atoms with Crippen LogP contribution in [0.2, 0.25) is 0 Å². The molecule has 1 aliphatic heterocycles. The number of rotatable bonds is 12. The number of thioether (sulfide) groups is 1. The average Bonchev–Trinajstić information content (AvgIpc) is 3.37. The first kappa shape index (κ1) is 34.8. The predicted molar refractivity (Wildman–Crippen MR) is 159 cm³/mol. The Bertz CT molecular complexity index is 1400. The second kappa shape index (κ2) is 13.5. The molecule has 0 saturated carbocycles. The zero-order valence-electron chi connectivity index (χ0n) is 23.8. The molecule has 42 heavy (non-hydrogen) atoms.